The molecule has 1 aromatic heterocycles. The maximum absolute atomic E-state index is 9.13. The molecular formula is C10H19N5OS. The van der Waals surface area contributed by atoms with Crippen LogP contribution >= 0.6 is 11.8 Å². The van der Waals surface area contributed by atoms with E-state index in [2.05, 4.69) is 20.7 Å². The van der Waals surface area contributed by atoms with Crippen LogP contribution in [0.1, 0.15) is 19.8 Å². The Balaban J connectivity index is 2.51. The van der Waals surface area contributed by atoms with Crippen LogP contribution in [0.3, 0.4) is 0 Å². The van der Waals surface area contributed by atoms with E-state index in [0.717, 1.165) is 25.2 Å². The molecule has 0 saturated carbocycles. The summed E-state index contributed by atoms with van der Waals surface area (Å²) in [4.78, 5) is 8.46. The number of hydrogen-bond donors (Lipinski definition) is 4. The SMILES string of the molecule is CSc1nc(NN)cc(NCCCC(C)O)n1. The van der Waals surface area contributed by atoms with Crippen molar-refractivity contribution >= 4 is 23.4 Å². The van der Waals surface area contributed by atoms with Crippen molar-refractivity contribution in [3.05, 3.63) is 6.07 Å². The average molecular weight is 257 g/mol. The van der Waals surface area contributed by atoms with Gasteiger partial charge in [-0.05, 0) is 26.0 Å². The Bertz CT molecular complexity index is 325. The van der Waals surface area contributed by atoms with E-state index >= 15 is 0 Å². The second-order valence-electron chi connectivity index (χ2n) is 3.69. The van der Waals surface area contributed by atoms with Gasteiger partial charge in [0.2, 0.25) is 0 Å². The van der Waals surface area contributed by atoms with Crippen LogP contribution in [0.2, 0.25) is 0 Å². The first-order valence-electron chi connectivity index (χ1n) is 5.47. The maximum atomic E-state index is 9.13. The molecule has 1 unspecified atom stereocenters. The van der Waals surface area contributed by atoms with E-state index < -0.39 is 0 Å². The van der Waals surface area contributed by atoms with Crippen molar-refractivity contribution in [3.8, 4) is 0 Å². The largest absolute Gasteiger partial charge is 0.393 e. The molecule has 0 spiro atoms. The summed E-state index contributed by atoms with van der Waals surface area (Å²) in [6.07, 6.45) is 3.31. The van der Waals surface area contributed by atoms with Crippen molar-refractivity contribution in [3.63, 3.8) is 0 Å². The second kappa shape index (κ2) is 7.31. The van der Waals surface area contributed by atoms with E-state index in [1.807, 2.05) is 6.26 Å². The summed E-state index contributed by atoms with van der Waals surface area (Å²) in [5.74, 6) is 6.65. The highest BCUT2D eigenvalue weighted by Crippen LogP contribution is 2.16. The molecule has 96 valence electrons. The van der Waals surface area contributed by atoms with Crippen molar-refractivity contribution in [2.24, 2.45) is 5.84 Å². The van der Waals surface area contributed by atoms with E-state index in [1.54, 1.807) is 13.0 Å². The lowest BCUT2D eigenvalue weighted by Crippen LogP contribution is -2.12. The third-order valence-corrected chi connectivity index (χ3v) is 2.69. The summed E-state index contributed by atoms with van der Waals surface area (Å²) in [5.41, 5.74) is 2.51. The first-order chi connectivity index (χ1) is 8.15. The van der Waals surface area contributed by atoms with Gasteiger partial charge in [0.05, 0.1) is 6.10 Å². The summed E-state index contributed by atoms with van der Waals surface area (Å²) < 4.78 is 0. The van der Waals surface area contributed by atoms with Crippen molar-refractivity contribution in [1.29, 1.82) is 0 Å². The maximum Gasteiger partial charge on any atom is 0.191 e. The second-order valence-corrected chi connectivity index (χ2v) is 4.46. The van der Waals surface area contributed by atoms with Gasteiger partial charge in [-0.15, -0.1) is 0 Å². The monoisotopic (exact) mass is 257 g/mol. The summed E-state index contributed by atoms with van der Waals surface area (Å²) >= 11 is 1.46. The zero-order valence-corrected chi connectivity index (χ0v) is 10.9. The van der Waals surface area contributed by atoms with Crippen LogP contribution in [0.5, 0.6) is 0 Å². The average Bonchev–Trinajstić information content (AvgIpc) is 2.34. The lowest BCUT2D eigenvalue weighted by Gasteiger charge is -2.09. The number of anilines is 2. The number of nitrogen functional groups attached to an aromatic ring is 1. The Hall–Kier alpha value is -1.05. The van der Waals surface area contributed by atoms with Crippen molar-refractivity contribution in [2.45, 2.75) is 31.0 Å². The molecule has 5 N–H and O–H groups in total. The van der Waals surface area contributed by atoms with Crippen LogP contribution in [0.4, 0.5) is 11.6 Å². The van der Waals surface area contributed by atoms with Gasteiger partial charge < -0.3 is 15.8 Å². The van der Waals surface area contributed by atoms with Crippen LogP contribution in [-0.2, 0) is 0 Å². The molecule has 1 rings (SSSR count). The highest BCUT2D eigenvalue weighted by atomic mass is 32.2. The van der Waals surface area contributed by atoms with Gasteiger partial charge in [0, 0.05) is 12.6 Å². The number of aliphatic hydroxyl groups excluding tert-OH is 1. The van der Waals surface area contributed by atoms with Crippen LogP contribution in [0.15, 0.2) is 11.2 Å². The molecule has 7 heteroatoms. The minimum absolute atomic E-state index is 0.259. The number of hydrogen-bond acceptors (Lipinski definition) is 7. The Kier molecular flexibility index (Phi) is 6.03. The van der Waals surface area contributed by atoms with Crippen LogP contribution in [0.25, 0.3) is 0 Å². The molecule has 6 nitrogen and oxygen atoms in total. The number of aromatic nitrogens is 2. The summed E-state index contributed by atoms with van der Waals surface area (Å²) in [7, 11) is 0. The lowest BCUT2D eigenvalue weighted by molar-refractivity contribution is 0.183. The van der Waals surface area contributed by atoms with E-state index in [4.69, 9.17) is 10.9 Å². The summed E-state index contributed by atoms with van der Waals surface area (Å²) in [6, 6.07) is 1.75. The first kappa shape index (κ1) is 14.0. The molecule has 0 aliphatic rings. The smallest absolute Gasteiger partial charge is 0.191 e. The van der Waals surface area contributed by atoms with E-state index in [-0.39, 0.29) is 6.10 Å². The molecule has 1 atom stereocenters. The van der Waals surface area contributed by atoms with Crippen molar-refractivity contribution < 1.29 is 5.11 Å². The number of rotatable bonds is 7. The highest BCUT2D eigenvalue weighted by molar-refractivity contribution is 7.98. The van der Waals surface area contributed by atoms with Gasteiger partial charge in [0.1, 0.15) is 11.6 Å². The van der Waals surface area contributed by atoms with E-state index in [9.17, 15) is 0 Å². The zero-order valence-electron chi connectivity index (χ0n) is 10.1. The van der Waals surface area contributed by atoms with Crippen LogP contribution in [-0.4, -0.2) is 34.0 Å². The molecule has 1 aromatic rings. The van der Waals surface area contributed by atoms with Gasteiger partial charge in [-0.3, -0.25) is 0 Å². The Morgan fingerprint density at radius 3 is 2.76 bits per heavy atom. The van der Waals surface area contributed by atoms with Gasteiger partial charge in [-0.1, -0.05) is 11.8 Å². The molecule has 0 fully saturated rings. The number of thioether (sulfide) groups is 1. The predicted molar refractivity (Wildman–Crippen MR) is 71.0 cm³/mol. The molecule has 0 bridgehead atoms. The molecule has 1 heterocycles. The fourth-order valence-corrected chi connectivity index (χ4v) is 1.67. The molecule has 0 saturated heterocycles. The first-order valence-corrected chi connectivity index (χ1v) is 6.69. The van der Waals surface area contributed by atoms with Crippen LogP contribution < -0.4 is 16.6 Å². The zero-order chi connectivity index (χ0) is 12.7. The number of nitrogens with one attached hydrogen (secondary N) is 2. The lowest BCUT2D eigenvalue weighted by atomic mass is 10.2. The number of hydrazine groups is 1. The molecule has 0 aromatic carbocycles. The third-order valence-electron chi connectivity index (χ3n) is 2.14. The normalized spacial score (nSPS) is 12.2. The van der Waals surface area contributed by atoms with Gasteiger partial charge in [0.25, 0.3) is 0 Å². The summed E-state index contributed by atoms with van der Waals surface area (Å²) in [6.45, 7) is 2.55. The van der Waals surface area contributed by atoms with Gasteiger partial charge >= 0.3 is 0 Å². The minimum Gasteiger partial charge on any atom is -0.393 e. The van der Waals surface area contributed by atoms with Crippen LogP contribution in [0, 0.1) is 0 Å². The predicted octanol–water partition coefficient (Wildman–Crippen LogP) is 1.06. The number of nitrogens with zero attached hydrogens (tertiary/aromatic N) is 2. The quantitative estimate of drug-likeness (QED) is 0.191. The van der Waals surface area contributed by atoms with Gasteiger partial charge in [-0.25, -0.2) is 15.8 Å². The van der Waals surface area contributed by atoms with Gasteiger partial charge in [-0.2, -0.15) is 0 Å². The van der Waals surface area contributed by atoms with Crippen molar-refractivity contribution in [2.75, 3.05) is 23.5 Å². The third kappa shape index (κ3) is 5.20. The number of nitrogens with two attached hydrogens (primary N) is 1. The summed E-state index contributed by atoms with van der Waals surface area (Å²) in [5, 5.41) is 13.0. The molecular weight excluding hydrogens is 238 g/mol. The van der Waals surface area contributed by atoms with E-state index in [0.29, 0.717) is 11.0 Å². The highest BCUT2D eigenvalue weighted by Gasteiger charge is 2.03. The molecule has 0 aliphatic carbocycles. The van der Waals surface area contributed by atoms with E-state index in [1.165, 1.54) is 11.8 Å². The van der Waals surface area contributed by atoms with Crippen molar-refractivity contribution in [1.82, 2.24) is 9.97 Å². The molecule has 0 radical (unpaired) electrons. The standard InChI is InChI=1S/C10H19N5OS/c1-7(16)4-3-5-12-8-6-9(15-11)14-10(13-8)17-2/h6-7,16H,3-5,11H2,1-2H3,(H2,12,13,14,15). The molecule has 0 amide bonds. The fourth-order valence-electron chi connectivity index (χ4n) is 1.29. The Morgan fingerprint density at radius 2 is 2.18 bits per heavy atom. The fraction of sp³-hybridized carbons (Fsp3) is 0.600. The Labute approximate surface area is 105 Å². The van der Waals surface area contributed by atoms with Gasteiger partial charge in [0.15, 0.2) is 5.16 Å². The topological polar surface area (TPSA) is 96.1 Å². The Morgan fingerprint density at radius 1 is 1.47 bits per heavy atom. The minimum atomic E-state index is -0.259. The molecule has 0 aliphatic heterocycles. The number of aliphatic hydroxyl groups is 1. The molecule has 17 heavy (non-hydrogen) atoms.